The number of carbonyl (C=O) groups excluding carboxylic acids is 1. The average molecular weight is 434 g/mol. The number of carbonyl (C=O) groups is 1. The minimum absolute atomic E-state index is 0.114. The van der Waals surface area contributed by atoms with Crippen molar-refractivity contribution in [3.05, 3.63) is 57.5 Å². The number of ether oxygens (including phenoxy) is 2. The highest BCUT2D eigenvalue weighted by molar-refractivity contribution is 6.32. The molecule has 0 aliphatic carbocycles. The molecule has 0 unspecified atom stereocenters. The largest absolute Gasteiger partial charge is 0.480 e. The van der Waals surface area contributed by atoms with Gasteiger partial charge in [0, 0.05) is 24.5 Å². The lowest BCUT2D eigenvalue weighted by Gasteiger charge is -2.15. The van der Waals surface area contributed by atoms with Crippen LogP contribution in [-0.4, -0.2) is 33.1 Å². The van der Waals surface area contributed by atoms with Gasteiger partial charge in [-0.05, 0) is 13.0 Å². The summed E-state index contributed by atoms with van der Waals surface area (Å²) < 4.78 is 65.2. The first-order valence-corrected chi connectivity index (χ1v) is 8.45. The molecule has 0 aliphatic rings. The third-order valence-corrected chi connectivity index (χ3v) is 4.04. The van der Waals surface area contributed by atoms with E-state index in [1.807, 2.05) is 0 Å². The zero-order valence-electron chi connectivity index (χ0n) is 14.7. The normalized spacial score (nSPS) is 11.7. The zero-order chi connectivity index (χ0) is 21.3. The summed E-state index contributed by atoms with van der Waals surface area (Å²) in [6, 6.07) is 2.11. The highest BCUT2D eigenvalue weighted by Gasteiger charge is 2.35. The first-order valence-electron chi connectivity index (χ1n) is 8.07. The third kappa shape index (κ3) is 4.04. The number of fused-ring (bicyclic) bond motifs is 1. The van der Waals surface area contributed by atoms with Gasteiger partial charge < -0.3 is 9.47 Å². The second-order valence-corrected chi connectivity index (χ2v) is 6.03. The molecule has 0 fully saturated rings. The van der Waals surface area contributed by atoms with Crippen LogP contribution in [0.25, 0.3) is 11.5 Å². The molecule has 3 rings (SSSR count). The molecular formula is C17H12ClF4N3O4. The molecule has 0 amide bonds. The predicted octanol–water partition coefficient (Wildman–Crippen LogP) is 3.24. The van der Waals surface area contributed by atoms with Crippen LogP contribution in [0.2, 0.25) is 5.02 Å². The second-order valence-electron chi connectivity index (χ2n) is 5.63. The van der Waals surface area contributed by atoms with Crippen molar-refractivity contribution >= 4 is 23.3 Å². The van der Waals surface area contributed by atoms with E-state index in [2.05, 4.69) is 4.98 Å². The molecule has 154 valence electrons. The lowest BCUT2D eigenvalue weighted by molar-refractivity contribution is -0.145. The van der Waals surface area contributed by atoms with E-state index < -0.39 is 47.3 Å². The number of imidazole rings is 1. The van der Waals surface area contributed by atoms with Gasteiger partial charge in [-0.25, -0.2) is 18.7 Å². The third-order valence-electron chi connectivity index (χ3n) is 3.74. The monoisotopic (exact) mass is 433 g/mol. The van der Waals surface area contributed by atoms with E-state index in [0.29, 0.717) is 15.0 Å². The summed E-state index contributed by atoms with van der Waals surface area (Å²) in [7, 11) is 0. The Kier molecular flexibility index (Phi) is 5.51. The molecule has 12 heteroatoms. The summed E-state index contributed by atoms with van der Waals surface area (Å²) in [5, 5.41) is -0.213. The van der Waals surface area contributed by atoms with E-state index in [0.717, 1.165) is 24.5 Å². The molecule has 0 saturated carbocycles. The van der Waals surface area contributed by atoms with Crippen LogP contribution in [0.3, 0.4) is 0 Å². The van der Waals surface area contributed by atoms with Gasteiger partial charge in [0.05, 0.1) is 17.3 Å². The topological polar surface area (TPSA) is 74.8 Å². The van der Waals surface area contributed by atoms with Crippen LogP contribution in [0.4, 0.5) is 17.6 Å². The van der Waals surface area contributed by atoms with E-state index in [-0.39, 0.29) is 17.4 Å². The molecule has 0 atom stereocenters. The van der Waals surface area contributed by atoms with Crippen LogP contribution in [-0.2, 0) is 15.7 Å². The minimum atomic E-state index is -4.83. The Morgan fingerprint density at radius 3 is 2.66 bits per heavy atom. The van der Waals surface area contributed by atoms with Crippen molar-refractivity contribution in [1.82, 2.24) is 14.0 Å². The highest BCUT2D eigenvalue weighted by atomic mass is 35.5. The maximum atomic E-state index is 14.5. The van der Waals surface area contributed by atoms with Crippen LogP contribution in [0.15, 0.2) is 35.4 Å². The molecule has 0 N–H and O–H groups in total. The van der Waals surface area contributed by atoms with Gasteiger partial charge >= 0.3 is 12.1 Å². The lowest BCUT2D eigenvalue weighted by atomic mass is 10.2. The Labute approximate surface area is 165 Å². The molecule has 7 nitrogen and oxygen atoms in total. The van der Waals surface area contributed by atoms with Crippen LogP contribution in [0.5, 0.6) is 5.75 Å². The van der Waals surface area contributed by atoms with Crippen molar-refractivity contribution in [3.8, 4) is 11.4 Å². The Hall–Kier alpha value is -3.08. The summed E-state index contributed by atoms with van der Waals surface area (Å²) in [6.45, 7) is 1.16. The molecular weight excluding hydrogens is 422 g/mol. The van der Waals surface area contributed by atoms with Crippen LogP contribution >= 0.6 is 11.6 Å². The van der Waals surface area contributed by atoms with Gasteiger partial charge in [0.2, 0.25) is 5.78 Å². The molecule has 0 saturated heterocycles. The van der Waals surface area contributed by atoms with Gasteiger partial charge in [-0.3, -0.25) is 9.20 Å². The fraction of sp³-hybridized carbons (Fsp3) is 0.235. The molecule has 0 aliphatic heterocycles. The molecule has 0 spiro atoms. The van der Waals surface area contributed by atoms with E-state index in [9.17, 15) is 27.2 Å². The summed E-state index contributed by atoms with van der Waals surface area (Å²) in [6.07, 6.45) is -2.81. The molecule has 0 radical (unpaired) electrons. The summed E-state index contributed by atoms with van der Waals surface area (Å²) >= 11 is 5.90. The fourth-order valence-corrected chi connectivity index (χ4v) is 2.79. The van der Waals surface area contributed by atoms with Crippen LogP contribution in [0.1, 0.15) is 12.6 Å². The molecule has 3 aromatic rings. The van der Waals surface area contributed by atoms with E-state index >= 15 is 0 Å². The van der Waals surface area contributed by atoms with E-state index in [1.54, 1.807) is 6.92 Å². The fourth-order valence-electron chi connectivity index (χ4n) is 2.58. The molecule has 2 aromatic heterocycles. The number of esters is 1. The van der Waals surface area contributed by atoms with Crippen molar-refractivity contribution in [1.29, 1.82) is 0 Å². The minimum Gasteiger partial charge on any atom is -0.480 e. The van der Waals surface area contributed by atoms with Crippen molar-refractivity contribution in [2.75, 3.05) is 13.2 Å². The number of nitrogens with zero attached hydrogens (tertiary/aromatic N) is 3. The van der Waals surface area contributed by atoms with Crippen LogP contribution < -0.4 is 10.3 Å². The molecule has 1 aromatic carbocycles. The summed E-state index contributed by atoms with van der Waals surface area (Å²) in [5.74, 6) is -2.36. The van der Waals surface area contributed by atoms with Gasteiger partial charge in [-0.1, -0.05) is 11.6 Å². The lowest BCUT2D eigenvalue weighted by Crippen LogP contribution is -2.26. The van der Waals surface area contributed by atoms with Crippen molar-refractivity contribution in [2.24, 2.45) is 0 Å². The van der Waals surface area contributed by atoms with E-state index in [4.69, 9.17) is 21.1 Å². The number of benzene rings is 1. The van der Waals surface area contributed by atoms with Gasteiger partial charge in [-0.15, -0.1) is 0 Å². The summed E-state index contributed by atoms with van der Waals surface area (Å²) in [5.41, 5.74) is -2.89. The quantitative estimate of drug-likeness (QED) is 0.456. The van der Waals surface area contributed by atoms with E-state index in [1.165, 1.54) is 0 Å². The number of halogens is 5. The first kappa shape index (κ1) is 20.6. The predicted molar refractivity (Wildman–Crippen MR) is 92.9 cm³/mol. The number of rotatable bonds is 5. The number of hydrogen-bond acceptors (Lipinski definition) is 5. The molecule has 0 bridgehead atoms. The molecule has 29 heavy (non-hydrogen) atoms. The maximum absolute atomic E-state index is 14.5. The SMILES string of the molecule is CCOC(=O)COc1cc(-n2c(=O)cc(C(F)(F)F)n3ccnc23)c(F)cc1Cl. The van der Waals surface area contributed by atoms with Crippen molar-refractivity contribution in [3.63, 3.8) is 0 Å². The van der Waals surface area contributed by atoms with Crippen molar-refractivity contribution < 1.29 is 31.8 Å². The van der Waals surface area contributed by atoms with Crippen molar-refractivity contribution in [2.45, 2.75) is 13.1 Å². The molecule has 2 heterocycles. The number of aromatic nitrogens is 3. The van der Waals surface area contributed by atoms with Gasteiger partial charge in [0.25, 0.3) is 5.56 Å². The first-order chi connectivity index (χ1) is 13.6. The smallest absolute Gasteiger partial charge is 0.432 e. The zero-order valence-corrected chi connectivity index (χ0v) is 15.4. The van der Waals surface area contributed by atoms with Crippen LogP contribution in [0, 0.1) is 5.82 Å². The Morgan fingerprint density at radius 2 is 2.00 bits per heavy atom. The standard InChI is InChI=1S/C17H12ClF4N3O4/c1-2-28-15(27)8-29-12-6-11(10(19)5-9(12)18)25-14(26)7-13(17(20,21)22)24-4-3-23-16(24)25/h3-7H,2,8H2,1H3. The van der Waals surface area contributed by atoms with Gasteiger partial charge in [0.15, 0.2) is 6.61 Å². The Balaban J connectivity index is 2.14. The Bertz CT molecular complexity index is 1140. The van der Waals surface area contributed by atoms with Gasteiger partial charge in [0.1, 0.15) is 17.3 Å². The van der Waals surface area contributed by atoms with Gasteiger partial charge in [-0.2, -0.15) is 13.2 Å². The average Bonchev–Trinajstić information content (AvgIpc) is 3.09. The Morgan fingerprint density at radius 1 is 1.28 bits per heavy atom. The number of hydrogen-bond donors (Lipinski definition) is 0. The second kappa shape index (κ2) is 7.74. The maximum Gasteiger partial charge on any atom is 0.432 e. The summed E-state index contributed by atoms with van der Waals surface area (Å²) in [4.78, 5) is 27.6. The highest BCUT2D eigenvalue weighted by Crippen LogP contribution is 2.32. The number of alkyl halides is 3.